The van der Waals surface area contributed by atoms with E-state index in [2.05, 4.69) is 21.2 Å². The Labute approximate surface area is 225 Å². The van der Waals surface area contributed by atoms with Crippen LogP contribution in [0.3, 0.4) is 0 Å². The normalized spacial score (nSPS) is 22.6. The van der Waals surface area contributed by atoms with Crippen LogP contribution in [0.4, 0.5) is 10.3 Å². The second-order valence-electron chi connectivity index (χ2n) is 10.2. The van der Waals surface area contributed by atoms with Gasteiger partial charge in [-0.05, 0) is 57.2 Å². The number of fused-ring (bicyclic) bond motifs is 1. The quantitative estimate of drug-likeness (QED) is 0.445. The molecule has 1 aliphatic carbocycles. The van der Waals surface area contributed by atoms with Crippen molar-refractivity contribution in [3.05, 3.63) is 52.2 Å². The number of pyridine rings is 1. The van der Waals surface area contributed by atoms with Gasteiger partial charge in [-0.3, -0.25) is 9.36 Å². The summed E-state index contributed by atoms with van der Waals surface area (Å²) in [6.07, 6.45) is 10.1. The Morgan fingerprint density at radius 3 is 2.64 bits per heavy atom. The van der Waals surface area contributed by atoms with Crippen molar-refractivity contribution in [1.29, 1.82) is 0 Å². The molecule has 2 aromatic heterocycles. The number of hydrogen-bond donors (Lipinski definition) is 2. The topological polar surface area (TPSA) is 127 Å². The number of sulfonamides is 1. The zero-order valence-electron chi connectivity index (χ0n) is 21.7. The van der Waals surface area contributed by atoms with Gasteiger partial charge in [-0.1, -0.05) is 5.92 Å². The first-order chi connectivity index (χ1) is 18.5. The fraction of sp³-hybridized carbons (Fsp3) is 0.444. The Morgan fingerprint density at radius 1 is 1.26 bits per heavy atom. The predicted molar refractivity (Wildman–Crippen MR) is 144 cm³/mol. The first-order valence-electron chi connectivity index (χ1n) is 12.8. The summed E-state index contributed by atoms with van der Waals surface area (Å²) in [6, 6.07) is 4.34. The largest absolute Gasteiger partial charge is 0.495 e. The molecule has 3 heterocycles. The van der Waals surface area contributed by atoms with Gasteiger partial charge >= 0.3 is 0 Å². The molecule has 1 aromatic carbocycles. The minimum absolute atomic E-state index is 0.0416. The number of hydrogen-bond acceptors (Lipinski definition) is 8. The van der Waals surface area contributed by atoms with E-state index < -0.39 is 27.5 Å². The summed E-state index contributed by atoms with van der Waals surface area (Å²) in [6.45, 7) is 2.18. The van der Waals surface area contributed by atoms with Crippen LogP contribution in [-0.4, -0.2) is 64.2 Å². The first kappa shape index (κ1) is 27.1. The molecule has 0 spiro atoms. The second-order valence-corrected chi connectivity index (χ2v) is 12.1. The predicted octanol–water partition coefficient (Wildman–Crippen LogP) is 2.66. The van der Waals surface area contributed by atoms with Crippen molar-refractivity contribution in [3.8, 4) is 18.1 Å². The highest BCUT2D eigenvalue weighted by Gasteiger charge is 2.40. The molecule has 2 fully saturated rings. The minimum Gasteiger partial charge on any atom is -0.495 e. The van der Waals surface area contributed by atoms with E-state index in [4.69, 9.17) is 11.2 Å². The molecule has 1 saturated heterocycles. The summed E-state index contributed by atoms with van der Waals surface area (Å²) < 4.78 is 47.9. The van der Waals surface area contributed by atoms with Crippen molar-refractivity contribution >= 4 is 27.0 Å². The molecule has 0 unspecified atom stereocenters. The number of anilines is 1. The molecule has 3 aromatic rings. The van der Waals surface area contributed by atoms with Crippen molar-refractivity contribution in [3.63, 3.8) is 0 Å². The Balaban J connectivity index is 1.38. The summed E-state index contributed by atoms with van der Waals surface area (Å²) in [5, 5.41) is 14.8. The third-order valence-corrected chi connectivity index (χ3v) is 9.59. The molecular weight excluding hydrogens is 525 g/mol. The summed E-state index contributed by atoms with van der Waals surface area (Å²) in [7, 11) is -2.58. The molecule has 0 radical (unpaired) electrons. The number of aromatic nitrogens is 3. The van der Waals surface area contributed by atoms with Crippen LogP contribution >= 0.6 is 0 Å². The van der Waals surface area contributed by atoms with Gasteiger partial charge in [-0.2, -0.15) is 9.29 Å². The number of piperidine rings is 1. The lowest BCUT2D eigenvalue weighted by atomic mass is 9.99. The summed E-state index contributed by atoms with van der Waals surface area (Å²) in [4.78, 5) is 22.2. The average molecular weight is 556 g/mol. The van der Waals surface area contributed by atoms with E-state index >= 15 is 0 Å². The Kier molecular flexibility index (Phi) is 7.09. The number of rotatable bonds is 6. The van der Waals surface area contributed by atoms with Gasteiger partial charge in [0.05, 0.1) is 24.3 Å². The van der Waals surface area contributed by atoms with Crippen molar-refractivity contribution in [2.24, 2.45) is 0 Å². The summed E-state index contributed by atoms with van der Waals surface area (Å²) >= 11 is 0. The maximum Gasteiger partial charge on any atom is 0.268 e. The van der Waals surface area contributed by atoms with E-state index in [0.717, 1.165) is 18.6 Å². The van der Waals surface area contributed by atoms with Gasteiger partial charge in [-0.25, -0.2) is 17.8 Å². The van der Waals surface area contributed by atoms with Gasteiger partial charge in [0.15, 0.2) is 0 Å². The van der Waals surface area contributed by atoms with Crippen LogP contribution in [0, 0.1) is 18.2 Å². The zero-order chi connectivity index (χ0) is 27.9. The van der Waals surface area contributed by atoms with Crippen LogP contribution < -0.4 is 15.6 Å². The van der Waals surface area contributed by atoms with Crippen LogP contribution in [0.25, 0.3) is 11.0 Å². The second kappa shape index (κ2) is 10.2. The van der Waals surface area contributed by atoms with Gasteiger partial charge in [0.1, 0.15) is 22.1 Å². The summed E-state index contributed by atoms with van der Waals surface area (Å²) in [5.74, 6) is 2.10. The maximum atomic E-state index is 13.6. The average Bonchev–Trinajstić information content (AvgIpc) is 3.26. The molecule has 10 nitrogen and oxygen atoms in total. The Bertz CT molecular complexity index is 1620. The molecule has 39 heavy (non-hydrogen) atoms. The maximum absolute atomic E-state index is 13.6. The lowest BCUT2D eigenvalue weighted by molar-refractivity contribution is 0.0266. The number of ether oxygens (including phenoxy) is 1. The van der Waals surface area contributed by atoms with E-state index in [0.29, 0.717) is 42.7 Å². The smallest absolute Gasteiger partial charge is 0.268 e. The van der Waals surface area contributed by atoms with Gasteiger partial charge in [0.25, 0.3) is 5.56 Å². The molecule has 0 amide bonds. The highest BCUT2D eigenvalue weighted by molar-refractivity contribution is 7.89. The van der Waals surface area contributed by atoms with Crippen LogP contribution in [0.5, 0.6) is 5.75 Å². The number of benzene rings is 1. The molecule has 2 N–H and O–H groups in total. The molecule has 206 valence electrons. The number of aliphatic hydroxyl groups is 1. The van der Waals surface area contributed by atoms with Crippen LogP contribution in [0.1, 0.15) is 50.6 Å². The third-order valence-electron chi connectivity index (χ3n) is 7.65. The van der Waals surface area contributed by atoms with Crippen LogP contribution in [-0.2, 0) is 10.0 Å². The number of nitrogens with one attached hydrogen (secondary N) is 1. The lowest BCUT2D eigenvalue weighted by Gasteiger charge is -2.32. The lowest BCUT2D eigenvalue weighted by Crippen LogP contribution is -2.42. The fourth-order valence-corrected chi connectivity index (χ4v) is 7.14. The Morgan fingerprint density at radius 2 is 2.00 bits per heavy atom. The van der Waals surface area contributed by atoms with Gasteiger partial charge in [-0.15, -0.1) is 6.42 Å². The third kappa shape index (κ3) is 4.97. The molecule has 1 saturated carbocycles. The number of terminal acetylenes is 1. The van der Waals surface area contributed by atoms with Crippen molar-refractivity contribution < 1.29 is 22.7 Å². The highest BCUT2D eigenvalue weighted by Crippen LogP contribution is 2.39. The molecular formula is C27H30FN5O5S. The van der Waals surface area contributed by atoms with Gasteiger partial charge < -0.3 is 15.2 Å². The van der Waals surface area contributed by atoms with Crippen molar-refractivity contribution in [1.82, 2.24) is 18.8 Å². The summed E-state index contributed by atoms with van der Waals surface area (Å²) in [5.41, 5.74) is -0.891. The number of nitrogens with zero attached hydrogens (tertiary/aromatic N) is 4. The standard InChI is InChI=1S/C27H30FN5O5S/c1-4-17-14-18-16-29-26(31-24(18)33(25(17)34)23-6-5-11-27(23,2)35)30-20-9-12-32(13-10-20)39(36,37)22-8-7-19(28)15-21(22)38-3/h1,7-8,14-16,20,23,35H,5-6,9-13H2,2-3H3,(H,29,30,31)/t23-,27-/m1/s1. The van der Waals surface area contributed by atoms with Crippen molar-refractivity contribution in [2.45, 2.75) is 61.6 Å². The molecule has 5 rings (SSSR count). The minimum atomic E-state index is -3.88. The van der Waals surface area contributed by atoms with E-state index in [9.17, 15) is 22.7 Å². The van der Waals surface area contributed by atoms with E-state index in [-0.39, 0.29) is 40.9 Å². The SMILES string of the molecule is C#Cc1cc2cnc(NC3CCN(S(=O)(=O)c4ccc(F)cc4OC)CC3)nc2n([C@@H]2CCC[C@@]2(C)O)c1=O. The van der Waals surface area contributed by atoms with Crippen LogP contribution in [0.15, 0.2) is 40.2 Å². The molecule has 1 aliphatic heterocycles. The molecule has 2 atom stereocenters. The molecule has 2 aliphatic rings. The zero-order valence-corrected chi connectivity index (χ0v) is 22.5. The highest BCUT2D eigenvalue weighted by atomic mass is 32.2. The molecule has 0 bridgehead atoms. The van der Waals surface area contributed by atoms with Gasteiger partial charge in [0.2, 0.25) is 16.0 Å². The van der Waals surface area contributed by atoms with E-state index in [1.54, 1.807) is 19.2 Å². The first-order valence-corrected chi connectivity index (χ1v) is 14.2. The van der Waals surface area contributed by atoms with Gasteiger partial charge in [0, 0.05) is 36.8 Å². The van der Waals surface area contributed by atoms with Crippen LogP contribution in [0.2, 0.25) is 0 Å². The molecule has 12 heteroatoms. The van der Waals surface area contributed by atoms with E-state index in [1.807, 2.05) is 0 Å². The number of halogens is 1. The van der Waals surface area contributed by atoms with E-state index in [1.165, 1.54) is 22.0 Å². The number of methoxy groups -OCH3 is 1. The van der Waals surface area contributed by atoms with Crippen molar-refractivity contribution in [2.75, 3.05) is 25.5 Å². The fourth-order valence-electron chi connectivity index (χ4n) is 5.54. The Hall–Kier alpha value is -3.53. The monoisotopic (exact) mass is 555 g/mol.